The summed E-state index contributed by atoms with van der Waals surface area (Å²) in [6, 6.07) is 1.75. The SMILES string of the molecule is CC#N.CCNC(C)=O. The van der Waals surface area contributed by atoms with Gasteiger partial charge in [0, 0.05) is 20.4 Å². The van der Waals surface area contributed by atoms with Gasteiger partial charge in [-0.05, 0) is 6.92 Å². The average molecular weight is 128 g/mol. The molecule has 0 heterocycles. The predicted octanol–water partition coefficient (Wildman–Crippen LogP) is 0.672. The largest absolute Gasteiger partial charge is 0.357 e. The molecule has 0 unspecified atom stereocenters. The molecular formula is C6H12N2O. The Labute approximate surface area is 55.7 Å². The topological polar surface area (TPSA) is 52.9 Å². The lowest BCUT2D eigenvalue weighted by Gasteiger charge is -1.88. The van der Waals surface area contributed by atoms with Gasteiger partial charge in [-0.3, -0.25) is 4.79 Å². The Bertz CT molecular complexity index is 104. The highest BCUT2D eigenvalue weighted by Gasteiger charge is 1.78. The molecule has 52 valence electrons. The summed E-state index contributed by atoms with van der Waals surface area (Å²) in [6.07, 6.45) is 0. The molecule has 1 N–H and O–H groups in total. The van der Waals surface area contributed by atoms with Gasteiger partial charge in [0.25, 0.3) is 0 Å². The first-order valence-corrected chi connectivity index (χ1v) is 2.74. The van der Waals surface area contributed by atoms with Gasteiger partial charge >= 0.3 is 0 Å². The van der Waals surface area contributed by atoms with Crippen LogP contribution in [0.5, 0.6) is 0 Å². The minimum absolute atomic E-state index is 0.0394. The maximum Gasteiger partial charge on any atom is 0.216 e. The van der Waals surface area contributed by atoms with Crippen molar-refractivity contribution in [2.45, 2.75) is 20.8 Å². The van der Waals surface area contributed by atoms with Gasteiger partial charge in [-0.25, -0.2) is 0 Å². The first-order valence-electron chi connectivity index (χ1n) is 2.74. The van der Waals surface area contributed by atoms with Crippen LogP contribution >= 0.6 is 0 Å². The molecule has 3 heteroatoms. The van der Waals surface area contributed by atoms with E-state index in [2.05, 4.69) is 5.32 Å². The van der Waals surface area contributed by atoms with Crippen LogP contribution in [0.15, 0.2) is 0 Å². The van der Waals surface area contributed by atoms with E-state index < -0.39 is 0 Å². The Morgan fingerprint density at radius 3 is 2.11 bits per heavy atom. The fourth-order valence-electron chi connectivity index (χ4n) is 0.249. The number of hydrogen-bond acceptors (Lipinski definition) is 2. The zero-order valence-electron chi connectivity index (χ0n) is 6.06. The number of nitriles is 1. The highest BCUT2D eigenvalue weighted by atomic mass is 16.1. The van der Waals surface area contributed by atoms with Crippen molar-refractivity contribution >= 4 is 5.91 Å². The number of carbonyl (C=O) groups excluding carboxylic acids is 1. The van der Waals surface area contributed by atoms with Crippen molar-refractivity contribution in [2.24, 2.45) is 0 Å². The molecule has 0 fully saturated rings. The number of nitrogens with one attached hydrogen (secondary N) is 1. The summed E-state index contributed by atoms with van der Waals surface area (Å²) in [7, 11) is 0. The number of amides is 1. The monoisotopic (exact) mass is 128 g/mol. The normalized spacial score (nSPS) is 6.00. The molecule has 9 heavy (non-hydrogen) atoms. The summed E-state index contributed by atoms with van der Waals surface area (Å²) >= 11 is 0. The molecule has 0 aliphatic heterocycles. The van der Waals surface area contributed by atoms with E-state index in [0.717, 1.165) is 6.54 Å². The molecule has 1 amide bonds. The van der Waals surface area contributed by atoms with Crippen molar-refractivity contribution in [3.63, 3.8) is 0 Å². The molecule has 0 aromatic heterocycles. The maximum absolute atomic E-state index is 9.93. The Kier molecular flexibility index (Phi) is 12.1. The second-order valence-electron chi connectivity index (χ2n) is 1.31. The lowest BCUT2D eigenvalue weighted by Crippen LogP contribution is -2.18. The van der Waals surface area contributed by atoms with Crippen molar-refractivity contribution < 1.29 is 4.79 Å². The third kappa shape index (κ3) is 44.6. The number of nitrogens with zero attached hydrogens (tertiary/aromatic N) is 1. The molecule has 0 aliphatic rings. The number of rotatable bonds is 1. The maximum atomic E-state index is 9.93. The zero-order chi connectivity index (χ0) is 7.70. The summed E-state index contributed by atoms with van der Waals surface area (Å²) in [4.78, 5) is 9.93. The van der Waals surface area contributed by atoms with Crippen molar-refractivity contribution in [3.8, 4) is 6.07 Å². The van der Waals surface area contributed by atoms with Crippen LogP contribution in [-0.2, 0) is 4.79 Å². The lowest BCUT2D eigenvalue weighted by molar-refractivity contribution is -0.118. The highest BCUT2D eigenvalue weighted by molar-refractivity contribution is 5.72. The lowest BCUT2D eigenvalue weighted by atomic mass is 10.6. The van der Waals surface area contributed by atoms with Crippen LogP contribution in [0.1, 0.15) is 20.8 Å². The predicted molar refractivity (Wildman–Crippen MR) is 35.6 cm³/mol. The molecule has 0 spiro atoms. The fraction of sp³-hybridized carbons (Fsp3) is 0.667. The van der Waals surface area contributed by atoms with E-state index in [1.807, 2.05) is 6.92 Å². The number of carbonyl (C=O) groups is 1. The van der Waals surface area contributed by atoms with Crippen molar-refractivity contribution in [1.82, 2.24) is 5.32 Å². The van der Waals surface area contributed by atoms with Crippen LogP contribution in [0.3, 0.4) is 0 Å². The minimum atomic E-state index is 0.0394. The Balaban J connectivity index is 0. The quantitative estimate of drug-likeness (QED) is 0.564. The summed E-state index contributed by atoms with van der Waals surface area (Å²) in [5, 5.41) is 9.89. The van der Waals surface area contributed by atoms with E-state index in [-0.39, 0.29) is 5.91 Å². The molecule has 0 radical (unpaired) electrons. The van der Waals surface area contributed by atoms with Gasteiger partial charge in [0.15, 0.2) is 0 Å². The summed E-state index contributed by atoms with van der Waals surface area (Å²) < 4.78 is 0. The standard InChI is InChI=1S/C4H9NO.C2H3N/c1-3-5-4(2)6;1-2-3/h3H2,1-2H3,(H,5,6);1H3. The van der Waals surface area contributed by atoms with Crippen LogP contribution < -0.4 is 5.32 Å². The first-order chi connectivity index (χ1) is 4.18. The number of hydrogen-bond donors (Lipinski definition) is 1. The van der Waals surface area contributed by atoms with E-state index >= 15 is 0 Å². The van der Waals surface area contributed by atoms with Gasteiger partial charge in [-0.1, -0.05) is 0 Å². The second-order valence-corrected chi connectivity index (χ2v) is 1.31. The zero-order valence-corrected chi connectivity index (χ0v) is 6.06. The fourth-order valence-corrected chi connectivity index (χ4v) is 0.249. The van der Waals surface area contributed by atoms with Crippen LogP contribution in [0.2, 0.25) is 0 Å². The summed E-state index contributed by atoms with van der Waals surface area (Å²) in [5.74, 6) is 0.0394. The van der Waals surface area contributed by atoms with Gasteiger partial charge in [0.05, 0.1) is 6.07 Å². The summed E-state index contributed by atoms with van der Waals surface area (Å²) in [5.41, 5.74) is 0. The molecule has 0 saturated heterocycles. The molecule has 0 aliphatic carbocycles. The molecule has 0 saturated carbocycles. The van der Waals surface area contributed by atoms with E-state index in [4.69, 9.17) is 5.26 Å². The Morgan fingerprint density at radius 1 is 1.78 bits per heavy atom. The van der Waals surface area contributed by atoms with Crippen LogP contribution in [-0.4, -0.2) is 12.5 Å². The molecule has 0 aromatic carbocycles. The van der Waals surface area contributed by atoms with Crippen molar-refractivity contribution in [1.29, 1.82) is 5.26 Å². The minimum Gasteiger partial charge on any atom is -0.357 e. The van der Waals surface area contributed by atoms with Gasteiger partial charge < -0.3 is 5.32 Å². The van der Waals surface area contributed by atoms with Gasteiger partial charge in [-0.15, -0.1) is 0 Å². The third-order valence-electron chi connectivity index (χ3n) is 0.426. The first kappa shape index (κ1) is 10.9. The van der Waals surface area contributed by atoms with Crippen LogP contribution in [0.25, 0.3) is 0 Å². The van der Waals surface area contributed by atoms with E-state index in [0.29, 0.717) is 0 Å². The molecule has 0 bridgehead atoms. The van der Waals surface area contributed by atoms with E-state index in [1.165, 1.54) is 13.8 Å². The average Bonchev–Trinajstić information content (AvgIpc) is 1.67. The highest BCUT2D eigenvalue weighted by Crippen LogP contribution is 1.54. The van der Waals surface area contributed by atoms with Crippen LogP contribution in [0.4, 0.5) is 0 Å². The second kappa shape index (κ2) is 10.0. The van der Waals surface area contributed by atoms with E-state index in [9.17, 15) is 4.79 Å². The Hall–Kier alpha value is -1.04. The molecule has 0 atom stereocenters. The Morgan fingerprint density at radius 2 is 2.11 bits per heavy atom. The summed E-state index contributed by atoms with van der Waals surface area (Å²) in [6.45, 7) is 5.56. The smallest absolute Gasteiger partial charge is 0.216 e. The molecule has 0 aromatic rings. The molecule has 3 nitrogen and oxygen atoms in total. The third-order valence-corrected chi connectivity index (χ3v) is 0.426. The van der Waals surface area contributed by atoms with Crippen LogP contribution in [0, 0.1) is 11.3 Å². The van der Waals surface area contributed by atoms with Crippen molar-refractivity contribution in [3.05, 3.63) is 0 Å². The molecule has 0 rings (SSSR count). The van der Waals surface area contributed by atoms with Gasteiger partial charge in [-0.2, -0.15) is 5.26 Å². The van der Waals surface area contributed by atoms with Crippen molar-refractivity contribution in [2.75, 3.05) is 6.54 Å². The molecular weight excluding hydrogens is 116 g/mol. The van der Waals surface area contributed by atoms with Gasteiger partial charge in [0.2, 0.25) is 5.91 Å². The van der Waals surface area contributed by atoms with Gasteiger partial charge in [0.1, 0.15) is 0 Å². The van der Waals surface area contributed by atoms with E-state index in [1.54, 1.807) is 6.07 Å².